The average molecular weight is 258 g/mol. The molecule has 0 fully saturated rings. The van der Waals surface area contributed by atoms with Gasteiger partial charge in [0.05, 0.1) is 11.9 Å². The van der Waals surface area contributed by atoms with E-state index < -0.39 is 0 Å². The molecule has 1 heterocycles. The molecular formula is C11H16ClN3O2. The van der Waals surface area contributed by atoms with Gasteiger partial charge in [-0.3, -0.25) is 0 Å². The second-order valence-corrected chi connectivity index (χ2v) is 4.30. The van der Waals surface area contributed by atoms with E-state index in [1.807, 2.05) is 13.8 Å². The molecule has 2 atom stereocenters. The molecule has 0 aliphatic carbocycles. The third kappa shape index (κ3) is 4.58. The van der Waals surface area contributed by atoms with Crippen LogP contribution in [0.2, 0.25) is 5.15 Å². The lowest BCUT2D eigenvalue weighted by Gasteiger charge is -2.19. The van der Waals surface area contributed by atoms with E-state index in [0.29, 0.717) is 10.8 Å². The van der Waals surface area contributed by atoms with Gasteiger partial charge in [-0.15, -0.1) is 0 Å². The smallest absolute Gasteiger partial charge is 0.319 e. The summed E-state index contributed by atoms with van der Waals surface area (Å²) in [5.74, 6) is 0.00379. The number of hydrogen-bond acceptors (Lipinski definition) is 3. The fourth-order valence-corrected chi connectivity index (χ4v) is 1.24. The maximum atomic E-state index is 11.6. The molecule has 6 heteroatoms. The number of aliphatic hydroxyl groups excluding tert-OH is 1. The molecule has 0 aliphatic heterocycles. The molecule has 1 rings (SSSR count). The molecule has 2 amide bonds. The van der Waals surface area contributed by atoms with Gasteiger partial charge < -0.3 is 15.7 Å². The first kappa shape index (κ1) is 13.7. The molecule has 5 nitrogen and oxygen atoms in total. The van der Waals surface area contributed by atoms with Crippen LogP contribution in [0.3, 0.4) is 0 Å². The van der Waals surface area contributed by atoms with E-state index in [1.54, 1.807) is 12.1 Å². The second kappa shape index (κ2) is 6.42. The standard InChI is InChI=1S/C11H16ClN3O2/c1-7(6-16)8(2)14-11(17)15-9-3-4-10(12)13-5-9/h3-5,7-8,16H,6H2,1-2H3,(H2,14,15,17). The van der Waals surface area contributed by atoms with Crippen LogP contribution in [0.15, 0.2) is 18.3 Å². The lowest BCUT2D eigenvalue weighted by atomic mass is 10.1. The Bertz CT molecular complexity index is 369. The molecule has 17 heavy (non-hydrogen) atoms. The molecule has 0 radical (unpaired) electrons. The topological polar surface area (TPSA) is 74.2 Å². The van der Waals surface area contributed by atoms with Crippen LogP contribution in [-0.4, -0.2) is 28.8 Å². The molecule has 0 saturated heterocycles. The third-order valence-corrected chi connectivity index (χ3v) is 2.71. The Kier molecular flexibility index (Phi) is 5.18. The predicted molar refractivity (Wildman–Crippen MR) is 67.1 cm³/mol. The number of nitrogens with zero attached hydrogens (tertiary/aromatic N) is 1. The Labute approximate surface area is 105 Å². The fraction of sp³-hybridized carbons (Fsp3) is 0.455. The minimum Gasteiger partial charge on any atom is -0.396 e. The summed E-state index contributed by atoms with van der Waals surface area (Å²) in [6.07, 6.45) is 1.47. The minimum absolute atomic E-state index is 0.00379. The van der Waals surface area contributed by atoms with Crippen LogP contribution in [0, 0.1) is 5.92 Å². The van der Waals surface area contributed by atoms with Crippen molar-refractivity contribution in [3.63, 3.8) is 0 Å². The predicted octanol–water partition coefficient (Wildman–Crippen LogP) is 1.87. The molecular weight excluding hydrogens is 242 g/mol. The molecule has 0 saturated carbocycles. The van der Waals surface area contributed by atoms with Crippen LogP contribution >= 0.6 is 11.6 Å². The number of pyridine rings is 1. The highest BCUT2D eigenvalue weighted by molar-refractivity contribution is 6.29. The summed E-state index contributed by atoms with van der Waals surface area (Å²) in [6.45, 7) is 3.72. The molecule has 94 valence electrons. The number of rotatable bonds is 4. The Morgan fingerprint density at radius 3 is 2.76 bits per heavy atom. The minimum atomic E-state index is -0.332. The Hall–Kier alpha value is -1.33. The van der Waals surface area contributed by atoms with Crippen molar-refractivity contribution in [1.82, 2.24) is 10.3 Å². The highest BCUT2D eigenvalue weighted by Gasteiger charge is 2.13. The zero-order valence-electron chi connectivity index (χ0n) is 9.77. The van der Waals surface area contributed by atoms with Gasteiger partial charge in [-0.2, -0.15) is 0 Å². The largest absolute Gasteiger partial charge is 0.396 e. The monoisotopic (exact) mass is 257 g/mol. The highest BCUT2D eigenvalue weighted by atomic mass is 35.5. The maximum absolute atomic E-state index is 11.6. The summed E-state index contributed by atoms with van der Waals surface area (Å²) < 4.78 is 0. The number of amides is 2. The quantitative estimate of drug-likeness (QED) is 0.721. The number of hydrogen-bond donors (Lipinski definition) is 3. The van der Waals surface area contributed by atoms with Gasteiger partial charge in [-0.25, -0.2) is 9.78 Å². The van der Waals surface area contributed by atoms with Gasteiger partial charge in [0, 0.05) is 12.6 Å². The van der Waals surface area contributed by atoms with Crippen molar-refractivity contribution in [3.8, 4) is 0 Å². The molecule has 0 spiro atoms. The number of carbonyl (C=O) groups excluding carboxylic acids is 1. The Morgan fingerprint density at radius 1 is 1.53 bits per heavy atom. The van der Waals surface area contributed by atoms with Crippen molar-refractivity contribution in [3.05, 3.63) is 23.5 Å². The fourth-order valence-electron chi connectivity index (χ4n) is 1.12. The zero-order valence-corrected chi connectivity index (χ0v) is 10.5. The van der Waals surface area contributed by atoms with Crippen LogP contribution in [0.25, 0.3) is 0 Å². The van der Waals surface area contributed by atoms with Crippen LogP contribution in [0.4, 0.5) is 10.5 Å². The van der Waals surface area contributed by atoms with Gasteiger partial charge in [-0.05, 0) is 25.0 Å². The molecule has 0 aliphatic rings. The van der Waals surface area contributed by atoms with Crippen LogP contribution in [0.1, 0.15) is 13.8 Å². The summed E-state index contributed by atoms with van der Waals surface area (Å²) in [7, 11) is 0. The van der Waals surface area contributed by atoms with Crippen LogP contribution < -0.4 is 10.6 Å². The van der Waals surface area contributed by atoms with Crippen molar-refractivity contribution in [2.45, 2.75) is 19.9 Å². The molecule has 1 aromatic heterocycles. The summed E-state index contributed by atoms with van der Waals surface area (Å²) in [6, 6.07) is 2.81. The first-order valence-corrected chi connectivity index (χ1v) is 5.70. The SMILES string of the molecule is CC(CO)C(C)NC(=O)Nc1ccc(Cl)nc1. The number of carbonyl (C=O) groups is 1. The molecule has 0 bridgehead atoms. The number of aliphatic hydroxyl groups is 1. The van der Waals surface area contributed by atoms with Gasteiger partial charge in [-0.1, -0.05) is 18.5 Å². The summed E-state index contributed by atoms with van der Waals surface area (Å²) in [5.41, 5.74) is 0.566. The molecule has 3 N–H and O–H groups in total. The number of nitrogens with one attached hydrogen (secondary N) is 2. The zero-order chi connectivity index (χ0) is 12.8. The van der Waals surface area contributed by atoms with E-state index in [-0.39, 0.29) is 24.6 Å². The van der Waals surface area contributed by atoms with E-state index >= 15 is 0 Å². The average Bonchev–Trinajstić information content (AvgIpc) is 2.30. The normalized spacial score (nSPS) is 13.9. The van der Waals surface area contributed by atoms with Gasteiger partial charge in [0.25, 0.3) is 0 Å². The molecule has 2 unspecified atom stereocenters. The Balaban J connectivity index is 2.47. The van der Waals surface area contributed by atoms with Gasteiger partial charge >= 0.3 is 6.03 Å². The van der Waals surface area contributed by atoms with Gasteiger partial charge in [0.1, 0.15) is 5.15 Å². The van der Waals surface area contributed by atoms with E-state index in [1.165, 1.54) is 6.20 Å². The van der Waals surface area contributed by atoms with Crippen molar-refractivity contribution in [2.24, 2.45) is 5.92 Å². The number of halogens is 1. The van der Waals surface area contributed by atoms with Gasteiger partial charge in [0.15, 0.2) is 0 Å². The van der Waals surface area contributed by atoms with Crippen LogP contribution in [-0.2, 0) is 0 Å². The third-order valence-electron chi connectivity index (χ3n) is 2.49. The summed E-state index contributed by atoms with van der Waals surface area (Å²) >= 11 is 5.63. The number of aromatic nitrogens is 1. The first-order chi connectivity index (χ1) is 8.02. The van der Waals surface area contributed by atoms with Crippen molar-refractivity contribution >= 4 is 23.3 Å². The molecule has 0 aromatic carbocycles. The lowest BCUT2D eigenvalue weighted by molar-refractivity contribution is 0.204. The first-order valence-electron chi connectivity index (χ1n) is 5.33. The van der Waals surface area contributed by atoms with E-state index in [9.17, 15) is 4.79 Å². The number of anilines is 1. The maximum Gasteiger partial charge on any atom is 0.319 e. The Morgan fingerprint density at radius 2 is 2.24 bits per heavy atom. The van der Waals surface area contributed by atoms with E-state index in [4.69, 9.17) is 16.7 Å². The van der Waals surface area contributed by atoms with Crippen molar-refractivity contribution < 1.29 is 9.90 Å². The summed E-state index contributed by atoms with van der Waals surface area (Å²) in [4.78, 5) is 15.4. The van der Waals surface area contributed by atoms with E-state index in [2.05, 4.69) is 15.6 Å². The van der Waals surface area contributed by atoms with Crippen molar-refractivity contribution in [2.75, 3.05) is 11.9 Å². The van der Waals surface area contributed by atoms with E-state index in [0.717, 1.165) is 0 Å². The number of urea groups is 1. The second-order valence-electron chi connectivity index (χ2n) is 3.92. The summed E-state index contributed by atoms with van der Waals surface area (Å²) in [5, 5.41) is 14.7. The van der Waals surface area contributed by atoms with Crippen LogP contribution in [0.5, 0.6) is 0 Å². The highest BCUT2D eigenvalue weighted by Crippen LogP contribution is 2.09. The molecule has 1 aromatic rings. The van der Waals surface area contributed by atoms with Crippen molar-refractivity contribution in [1.29, 1.82) is 0 Å². The lowest BCUT2D eigenvalue weighted by Crippen LogP contribution is -2.40. The van der Waals surface area contributed by atoms with Gasteiger partial charge in [0.2, 0.25) is 0 Å².